The lowest BCUT2D eigenvalue weighted by Gasteiger charge is -2.24. The second kappa shape index (κ2) is 10.1. The summed E-state index contributed by atoms with van der Waals surface area (Å²) in [6.07, 6.45) is 1.41. The van der Waals surface area contributed by atoms with Gasteiger partial charge in [-0.2, -0.15) is 0 Å². The Kier molecular flexibility index (Phi) is 7.75. The Labute approximate surface area is 205 Å². The van der Waals surface area contributed by atoms with E-state index in [-0.39, 0.29) is 48.5 Å². The van der Waals surface area contributed by atoms with Crippen LogP contribution in [0.3, 0.4) is 0 Å². The van der Waals surface area contributed by atoms with Crippen LogP contribution in [0, 0.1) is 0 Å². The van der Waals surface area contributed by atoms with E-state index in [1.165, 1.54) is 30.3 Å². The zero-order valence-corrected chi connectivity index (χ0v) is 20.1. The smallest absolute Gasteiger partial charge is 0.343 e. The predicted octanol–water partition coefficient (Wildman–Crippen LogP) is 6.90. The minimum absolute atomic E-state index is 0.0351. The van der Waals surface area contributed by atoms with Gasteiger partial charge in [0.2, 0.25) is 0 Å². The molecule has 0 saturated heterocycles. The fourth-order valence-electron chi connectivity index (χ4n) is 2.77. The van der Waals surface area contributed by atoms with Crippen molar-refractivity contribution in [2.24, 2.45) is 0 Å². The molecule has 0 aliphatic heterocycles. The molecule has 0 heterocycles. The number of carbonyl (C=O) groups is 1. The number of sulfonamides is 1. The summed E-state index contributed by atoms with van der Waals surface area (Å²) in [5, 5.41) is 0.403. The molecule has 0 radical (unpaired) electrons. The molecule has 0 bridgehead atoms. The lowest BCUT2D eigenvalue weighted by Crippen LogP contribution is -2.31. The van der Waals surface area contributed by atoms with Gasteiger partial charge in [0.1, 0.15) is 9.92 Å². The minimum Gasteiger partial charge on any atom is -0.421 e. The highest BCUT2D eigenvalue weighted by Crippen LogP contribution is 2.34. The summed E-state index contributed by atoms with van der Waals surface area (Å²) in [6, 6.07) is 14.8. The van der Waals surface area contributed by atoms with E-state index in [1.54, 1.807) is 30.3 Å². The second-order valence-electron chi connectivity index (χ2n) is 6.36. The summed E-state index contributed by atoms with van der Waals surface area (Å²) >= 11 is 24.4. The van der Waals surface area contributed by atoms with Gasteiger partial charge in [-0.25, -0.2) is 13.2 Å². The largest absolute Gasteiger partial charge is 0.421 e. The van der Waals surface area contributed by atoms with Crippen LogP contribution in [0.1, 0.15) is 10.4 Å². The van der Waals surface area contributed by atoms with Gasteiger partial charge in [0.25, 0.3) is 10.0 Å². The van der Waals surface area contributed by atoms with Gasteiger partial charge in [0.05, 0.1) is 32.9 Å². The molecule has 5 nitrogen and oxygen atoms in total. The summed E-state index contributed by atoms with van der Waals surface area (Å²) in [5.41, 5.74) is 0.186. The number of benzene rings is 3. The molecule has 0 spiro atoms. The Hall–Kier alpha value is -2.22. The van der Waals surface area contributed by atoms with Crippen molar-refractivity contribution in [3.63, 3.8) is 0 Å². The first kappa shape index (κ1) is 24.4. The average Bonchev–Trinajstić information content (AvgIpc) is 2.76. The topological polar surface area (TPSA) is 63.7 Å². The van der Waals surface area contributed by atoms with Crippen molar-refractivity contribution in [1.82, 2.24) is 0 Å². The molecule has 3 aromatic carbocycles. The molecule has 166 valence electrons. The number of esters is 1. The number of ether oxygens (including phenoxy) is 1. The quantitative estimate of drug-likeness (QED) is 0.189. The fourth-order valence-corrected chi connectivity index (χ4v) is 5.34. The molecule has 32 heavy (non-hydrogen) atoms. The maximum absolute atomic E-state index is 13.5. The average molecular weight is 531 g/mol. The molecule has 3 aromatic rings. The van der Waals surface area contributed by atoms with Crippen molar-refractivity contribution in [1.29, 1.82) is 0 Å². The van der Waals surface area contributed by atoms with Crippen LogP contribution in [0.2, 0.25) is 20.1 Å². The summed E-state index contributed by atoms with van der Waals surface area (Å²) in [4.78, 5) is 12.4. The van der Waals surface area contributed by atoms with Gasteiger partial charge in [-0.3, -0.25) is 4.31 Å². The first-order valence-corrected chi connectivity index (χ1v) is 12.0. The molecule has 3 rings (SSSR count). The molecule has 0 saturated carbocycles. The molecule has 0 fully saturated rings. The van der Waals surface area contributed by atoms with Crippen LogP contribution in [0.15, 0.2) is 78.2 Å². The third-order valence-electron chi connectivity index (χ3n) is 4.27. The zero-order valence-electron chi connectivity index (χ0n) is 16.3. The van der Waals surface area contributed by atoms with E-state index in [1.807, 2.05) is 0 Å². The molecule has 0 N–H and O–H groups in total. The summed E-state index contributed by atoms with van der Waals surface area (Å²) in [5.74, 6) is -0.803. The van der Waals surface area contributed by atoms with E-state index in [0.717, 1.165) is 10.4 Å². The third kappa shape index (κ3) is 5.05. The van der Waals surface area contributed by atoms with E-state index in [4.69, 9.17) is 51.1 Å². The second-order valence-corrected chi connectivity index (χ2v) is 9.79. The van der Waals surface area contributed by atoms with Gasteiger partial charge < -0.3 is 4.74 Å². The van der Waals surface area contributed by atoms with Crippen LogP contribution in [0.5, 0.6) is 5.75 Å². The van der Waals surface area contributed by atoms with Crippen LogP contribution in [0.4, 0.5) is 5.69 Å². The lowest BCUT2D eigenvalue weighted by molar-refractivity contribution is 0.0734. The number of nitrogens with zero attached hydrogens (tertiary/aromatic N) is 1. The third-order valence-corrected chi connectivity index (χ3v) is 7.65. The Morgan fingerprint density at radius 3 is 2.31 bits per heavy atom. The first-order valence-electron chi connectivity index (χ1n) is 9.00. The van der Waals surface area contributed by atoms with Crippen molar-refractivity contribution in [2.75, 3.05) is 10.8 Å². The normalized spacial score (nSPS) is 11.1. The van der Waals surface area contributed by atoms with Crippen LogP contribution < -0.4 is 9.04 Å². The maximum Gasteiger partial charge on any atom is 0.343 e. The van der Waals surface area contributed by atoms with E-state index in [2.05, 4.69) is 6.58 Å². The van der Waals surface area contributed by atoms with Crippen LogP contribution in [-0.2, 0) is 10.0 Å². The van der Waals surface area contributed by atoms with E-state index in [9.17, 15) is 13.2 Å². The SMILES string of the molecule is C=CCN(c1ccccc1Cl)S(=O)(=O)c1cc(C(=O)Oc2cccc(Cl)c2Cl)ccc1Cl. The van der Waals surface area contributed by atoms with Crippen molar-refractivity contribution >= 4 is 68.1 Å². The van der Waals surface area contributed by atoms with E-state index in [0.29, 0.717) is 0 Å². The molecule has 10 heteroatoms. The van der Waals surface area contributed by atoms with Crippen molar-refractivity contribution in [3.8, 4) is 5.75 Å². The maximum atomic E-state index is 13.5. The molecule has 0 aliphatic rings. The molecule has 0 unspecified atom stereocenters. The molecule has 0 aliphatic carbocycles. The molecule has 0 amide bonds. The highest BCUT2D eigenvalue weighted by molar-refractivity contribution is 7.93. The Morgan fingerprint density at radius 2 is 1.62 bits per heavy atom. The number of rotatable bonds is 7. The van der Waals surface area contributed by atoms with E-state index < -0.39 is 16.0 Å². The summed E-state index contributed by atoms with van der Waals surface area (Å²) in [6.45, 7) is 3.54. The van der Waals surface area contributed by atoms with E-state index >= 15 is 0 Å². The van der Waals surface area contributed by atoms with Crippen molar-refractivity contribution in [2.45, 2.75) is 4.90 Å². The lowest BCUT2D eigenvalue weighted by atomic mass is 10.2. The first-order chi connectivity index (χ1) is 15.2. The Morgan fingerprint density at radius 1 is 0.938 bits per heavy atom. The van der Waals surface area contributed by atoms with Crippen LogP contribution in [-0.4, -0.2) is 20.9 Å². The Balaban J connectivity index is 2.03. The standard InChI is InChI=1S/C22H15Cl4NO4S/c1-2-12-27(18-8-4-3-6-15(18)23)32(29,30)20-13-14(10-11-16(20)24)22(28)31-19-9-5-7-17(25)21(19)26/h2-11,13H,1,12H2. The highest BCUT2D eigenvalue weighted by Gasteiger charge is 2.29. The van der Waals surface area contributed by atoms with Gasteiger partial charge in [0, 0.05) is 0 Å². The van der Waals surface area contributed by atoms with Gasteiger partial charge >= 0.3 is 5.97 Å². The predicted molar refractivity (Wildman–Crippen MR) is 129 cm³/mol. The van der Waals surface area contributed by atoms with Gasteiger partial charge in [-0.05, 0) is 42.5 Å². The fraction of sp³-hybridized carbons (Fsp3) is 0.0455. The number of halogens is 4. The molecule has 0 aromatic heterocycles. The number of anilines is 1. The molecular formula is C22H15Cl4NO4S. The van der Waals surface area contributed by atoms with Crippen LogP contribution >= 0.6 is 46.4 Å². The highest BCUT2D eigenvalue weighted by atomic mass is 35.5. The zero-order chi connectivity index (χ0) is 23.5. The van der Waals surface area contributed by atoms with Gasteiger partial charge in [0.15, 0.2) is 5.75 Å². The number of hydrogen-bond donors (Lipinski definition) is 0. The van der Waals surface area contributed by atoms with Gasteiger partial charge in [-0.1, -0.05) is 70.7 Å². The summed E-state index contributed by atoms with van der Waals surface area (Å²) < 4.78 is 33.3. The number of carbonyl (C=O) groups excluding carboxylic acids is 1. The van der Waals surface area contributed by atoms with Crippen molar-refractivity contribution in [3.05, 3.63) is 99.0 Å². The molecule has 0 atom stereocenters. The summed E-state index contributed by atoms with van der Waals surface area (Å²) in [7, 11) is -4.22. The molecular weight excluding hydrogens is 516 g/mol. The minimum atomic E-state index is -4.22. The monoisotopic (exact) mass is 529 g/mol. The van der Waals surface area contributed by atoms with Crippen molar-refractivity contribution < 1.29 is 17.9 Å². The van der Waals surface area contributed by atoms with Gasteiger partial charge in [-0.15, -0.1) is 6.58 Å². The number of hydrogen-bond acceptors (Lipinski definition) is 4. The Bertz CT molecular complexity index is 1290. The van der Waals surface area contributed by atoms with Crippen LogP contribution in [0.25, 0.3) is 0 Å². The number of para-hydroxylation sites is 1.